The number of aromatic nitrogens is 1. The summed E-state index contributed by atoms with van der Waals surface area (Å²) in [6.45, 7) is 3.73. The smallest absolute Gasteiger partial charge is 0.0347 e. The Labute approximate surface area is 57.2 Å². The fourth-order valence-corrected chi connectivity index (χ4v) is 0.685. The van der Waals surface area contributed by atoms with Crippen LogP contribution in [-0.2, 0) is 0 Å². The van der Waals surface area contributed by atoms with Gasteiger partial charge >= 0.3 is 0 Å². The van der Waals surface area contributed by atoms with Gasteiger partial charge in [-0.1, -0.05) is 13.8 Å². The second-order valence-electron chi connectivity index (χ2n) is 2.24. The number of nitrogens with zero attached hydrogens (tertiary/aromatic N) is 1. The molecule has 1 nitrogen and oxygen atoms in total. The summed E-state index contributed by atoms with van der Waals surface area (Å²) >= 11 is 0. The quantitative estimate of drug-likeness (QED) is 0.556. The molecule has 0 aromatic carbocycles. The average molecular weight is 122 g/mol. The molecule has 0 bridgehead atoms. The Kier molecular flexibility index (Phi) is 1.45. The van der Waals surface area contributed by atoms with Gasteiger partial charge in [-0.3, -0.25) is 4.98 Å². The van der Waals surface area contributed by atoms with Crippen molar-refractivity contribution in [2.24, 2.45) is 0 Å². The minimum Gasteiger partial charge on any atom is -0.265 e. The van der Waals surface area contributed by atoms with Gasteiger partial charge in [0.1, 0.15) is 0 Å². The normalized spacial score (nSPS) is 12.9. The molecule has 0 spiro atoms. The second-order valence-corrected chi connectivity index (χ2v) is 2.24. The zero-order valence-electron chi connectivity index (χ0n) is 6.76. The first-order valence-corrected chi connectivity index (χ1v) is 3.01. The van der Waals surface area contributed by atoms with Gasteiger partial charge in [-0.2, -0.15) is 0 Å². The summed E-state index contributed by atoms with van der Waals surface area (Å²) in [6.07, 6.45) is 3.43. The van der Waals surface area contributed by atoms with E-state index in [-0.39, 0.29) is 0 Å². The topological polar surface area (TPSA) is 12.9 Å². The maximum atomic E-state index is 7.65. The lowest BCUT2D eigenvalue weighted by molar-refractivity contribution is 0.863. The van der Waals surface area contributed by atoms with E-state index in [4.69, 9.17) is 1.37 Å². The van der Waals surface area contributed by atoms with Crippen LogP contribution in [0.15, 0.2) is 24.5 Å². The third-order valence-electron chi connectivity index (χ3n) is 1.26. The van der Waals surface area contributed by atoms with Crippen LogP contribution in [0, 0.1) is 0 Å². The van der Waals surface area contributed by atoms with Crippen LogP contribution < -0.4 is 0 Å². The summed E-state index contributed by atoms with van der Waals surface area (Å²) < 4.78 is 7.65. The first kappa shape index (κ1) is 4.98. The zero-order valence-corrected chi connectivity index (χ0v) is 5.76. The van der Waals surface area contributed by atoms with Gasteiger partial charge in [-0.05, 0) is 23.6 Å². The molecule has 0 saturated heterocycles. The standard InChI is InChI=1S/C8H11N/c1-7(2)8-3-5-9-6-4-8/h3-7H,1-2H3/i7D. The van der Waals surface area contributed by atoms with Crippen molar-refractivity contribution >= 4 is 0 Å². The van der Waals surface area contributed by atoms with Gasteiger partial charge in [-0.15, -0.1) is 0 Å². The van der Waals surface area contributed by atoms with E-state index >= 15 is 0 Å². The van der Waals surface area contributed by atoms with E-state index in [9.17, 15) is 0 Å². The number of hydrogen-bond donors (Lipinski definition) is 0. The Morgan fingerprint density at radius 2 is 2.00 bits per heavy atom. The Balaban J connectivity index is 2.97. The second kappa shape index (κ2) is 2.62. The molecule has 0 fully saturated rings. The molecule has 9 heavy (non-hydrogen) atoms. The highest BCUT2D eigenvalue weighted by Gasteiger charge is 1.93. The molecular formula is C8H11N. The predicted octanol–water partition coefficient (Wildman–Crippen LogP) is 2.21. The average Bonchev–Trinajstić information content (AvgIpc) is 1.88. The van der Waals surface area contributed by atoms with Gasteiger partial charge in [0.05, 0.1) is 0 Å². The molecule has 0 aliphatic rings. The molecule has 48 valence electrons. The molecule has 0 unspecified atom stereocenters. The fourth-order valence-electron chi connectivity index (χ4n) is 0.685. The zero-order chi connectivity index (χ0) is 7.61. The molecular weight excluding hydrogens is 110 g/mol. The van der Waals surface area contributed by atoms with Crippen molar-refractivity contribution < 1.29 is 1.37 Å². The molecule has 0 aliphatic heterocycles. The molecule has 1 aromatic rings. The third kappa shape index (κ3) is 1.53. The SMILES string of the molecule is [2H]C(C)(C)c1ccncc1. The summed E-state index contributed by atoms with van der Waals surface area (Å²) in [5, 5.41) is 0. The maximum Gasteiger partial charge on any atom is 0.0347 e. The number of rotatable bonds is 1. The lowest BCUT2D eigenvalue weighted by Gasteiger charge is -2.01. The summed E-state index contributed by atoms with van der Waals surface area (Å²) in [7, 11) is 0. The third-order valence-corrected chi connectivity index (χ3v) is 1.26. The lowest BCUT2D eigenvalue weighted by Crippen LogP contribution is -1.85. The van der Waals surface area contributed by atoms with Crippen LogP contribution in [0.4, 0.5) is 0 Å². The maximum absolute atomic E-state index is 7.65. The van der Waals surface area contributed by atoms with E-state index in [1.165, 1.54) is 0 Å². The van der Waals surface area contributed by atoms with Crippen LogP contribution >= 0.6 is 0 Å². The van der Waals surface area contributed by atoms with Crippen molar-refractivity contribution in [3.05, 3.63) is 30.1 Å². The van der Waals surface area contributed by atoms with Crippen molar-refractivity contribution in [3.63, 3.8) is 0 Å². The van der Waals surface area contributed by atoms with Crippen LogP contribution in [0.2, 0.25) is 0 Å². The largest absolute Gasteiger partial charge is 0.265 e. The van der Waals surface area contributed by atoms with Crippen molar-refractivity contribution in [2.45, 2.75) is 19.7 Å². The van der Waals surface area contributed by atoms with Crippen molar-refractivity contribution in [1.29, 1.82) is 0 Å². The molecule has 1 heterocycles. The molecule has 0 saturated carbocycles. The van der Waals surface area contributed by atoms with Gasteiger partial charge in [-0.25, -0.2) is 0 Å². The highest BCUT2D eigenvalue weighted by molar-refractivity contribution is 5.13. The monoisotopic (exact) mass is 122 g/mol. The molecule has 0 N–H and O–H groups in total. The Bertz CT molecular complexity index is 200. The van der Waals surface area contributed by atoms with Crippen molar-refractivity contribution in [2.75, 3.05) is 0 Å². The van der Waals surface area contributed by atoms with Gasteiger partial charge in [0.2, 0.25) is 0 Å². The van der Waals surface area contributed by atoms with E-state index in [0.717, 1.165) is 5.56 Å². The molecule has 1 rings (SSSR count). The minimum atomic E-state index is -0.497. The van der Waals surface area contributed by atoms with E-state index in [2.05, 4.69) is 4.98 Å². The van der Waals surface area contributed by atoms with Crippen LogP contribution in [0.3, 0.4) is 0 Å². The van der Waals surface area contributed by atoms with Crippen LogP contribution in [0.25, 0.3) is 0 Å². The highest BCUT2D eigenvalue weighted by atomic mass is 14.6. The minimum absolute atomic E-state index is 0.497. The van der Waals surface area contributed by atoms with Crippen molar-refractivity contribution in [3.8, 4) is 0 Å². The molecule has 1 heteroatoms. The Morgan fingerprint density at radius 3 is 2.33 bits per heavy atom. The van der Waals surface area contributed by atoms with E-state index in [0.29, 0.717) is 0 Å². The first-order valence-electron chi connectivity index (χ1n) is 3.51. The van der Waals surface area contributed by atoms with E-state index in [1.54, 1.807) is 12.4 Å². The molecule has 1 aromatic heterocycles. The number of pyridine rings is 1. The molecule has 0 amide bonds. The van der Waals surface area contributed by atoms with Crippen LogP contribution in [0.1, 0.15) is 26.7 Å². The van der Waals surface area contributed by atoms with Gasteiger partial charge < -0.3 is 0 Å². The summed E-state index contributed by atoms with van der Waals surface area (Å²) in [6, 6.07) is 3.74. The van der Waals surface area contributed by atoms with E-state index < -0.39 is 5.89 Å². The van der Waals surface area contributed by atoms with Gasteiger partial charge in [0.15, 0.2) is 0 Å². The highest BCUT2D eigenvalue weighted by Crippen LogP contribution is 2.10. The van der Waals surface area contributed by atoms with E-state index in [1.807, 2.05) is 26.0 Å². The first-order chi connectivity index (χ1) is 4.61. The summed E-state index contributed by atoms with van der Waals surface area (Å²) in [5.41, 5.74) is 1.00. The molecule has 0 radical (unpaired) electrons. The van der Waals surface area contributed by atoms with Crippen LogP contribution in [-0.4, -0.2) is 4.98 Å². The fraction of sp³-hybridized carbons (Fsp3) is 0.375. The van der Waals surface area contributed by atoms with Gasteiger partial charge in [0, 0.05) is 13.8 Å². The summed E-state index contributed by atoms with van der Waals surface area (Å²) in [4.78, 5) is 3.88. The predicted molar refractivity (Wildman–Crippen MR) is 38.3 cm³/mol. The van der Waals surface area contributed by atoms with Crippen molar-refractivity contribution in [1.82, 2.24) is 4.98 Å². The van der Waals surface area contributed by atoms with Crippen LogP contribution in [0.5, 0.6) is 0 Å². The lowest BCUT2D eigenvalue weighted by atomic mass is 10.1. The summed E-state index contributed by atoms with van der Waals surface area (Å²) in [5.74, 6) is -0.497. The number of hydrogen-bond acceptors (Lipinski definition) is 1. The molecule has 0 aliphatic carbocycles. The molecule has 0 atom stereocenters. The Morgan fingerprint density at radius 1 is 1.44 bits per heavy atom. The Hall–Kier alpha value is -0.850. The van der Waals surface area contributed by atoms with Gasteiger partial charge in [0.25, 0.3) is 0 Å².